The molecule has 4 rings (SSSR count). The Kier molecular flexibility index (Phi) is 5.22. The Morgan fingerprint density at radius 2 is 1.14 bits per heavy atom. The van der Waals surface area contributed by atoms with E-state index < -0.39 is 0 Å². The van der Waals surface area contributed by atoms with Gasteiger partial charge in [-0.2, -0.15) is 0 Å². The van der Waals surface area contributed by atoms with Gasteiger partial charge >= 0.3 is 0 Å². The lowest BCUT2D eigenvalue weighted by Gasteiger charge is -2.13. The summed E-state index contributed by atoms with van der Waals surface area (Å²) in [6.07, 6.45) is 0. The number of nitrogens with zero attached hydrogens (tertiary/aromatic N) is 4. The van der Waals surface area contributed by atoms with E-state index in [1.165, 1.54) is 0 Å². The summed E-state index contributed by atoms with van der Waals surface area (Å²) in [5.41, 5.74) is 1.39. The maximum Gasteiger partial charge on any atom is 0.261 e. The molecule has 0 aliphatic carbocycles. The Morgan fingerprint density at radius 1 is 0.724 bits per heavy atom. The van der Waals surface area contributed by atoms with Crippen LogP contribution >= 0.6 is 0 Å². The lowest BCUT2D eigenvalue weighted by atomic mass is 10.2. The third kappa shape index (κ3) is 3.69. The topological polar surface area (TPSA) is 81.8 Å². The van der Waals surface area contributed by atoms with Crippen LogP contribution in [0.3, 0.4) is 0 Å². The highest BCUT2D eigenvalue weighted by atomic mass is 16.1. The van der Waals surface area contributed by atoms with Crippen LogP contribution in [0, 0.1) is 13.8 Å². The highest BCUT2D eigenvalue weighted by Gasteiger charge is 2.09. The van der Waals surface area contributed by atoms with Crippen LogP contribution in [0.25, 0.3) is 21.8 Å². The monoisotopic (exact) mass is 389 g/mol. The minimum Gasteiger partial charge on any atom is -0.313 e. The quantitative estimate of drug-likeness (QED) is 0.510. The van der Waals surface area contributed by atoms with Crippen LogP contribution < -0.4 is 16.4 Å². The van der Waals surface area contributed by atoms with Crippen molar-refractivity contribution in [1.82, 2.24) is 24.4 Å². The molecule has 0 unspecified atom stereocenters. The predicted octanol–water partition coefficient (Wildman–Crippen LogP) is 2.01. The van der Waals surface area contributed by atoms with Gasteiger partial charge in [-0.15, -0.1) is 0 Å². The van der Waals surface area contributed by atoms with E-state index in [2.05, 4.69) is 15.3 Å². The Morgan fingerprint density at radius 3 is 1.59 bits per heavy atom. The van der Waals surface area contributed by atoms with E-state index in [4.69, 9.17) is 0 Å². The molecule has 29 heavy (non-hydrogen) atoms. The van der Waals surface area contributed by atoms with E-state index in [0.717, 1.165) is 11.0 Å². The third-order valence-corrected chi connectivity index (χ3v) is 5.13. The number of hydrogen-bond donors (Lipinski definition) is 1. The molecule has 2 aromatic heterocycles. The summed E-state index contributed by atoms with van der Waals surface area (Å²) in [4.78, 5) is 34.4. The highest BCUT2D eigenvalue weighted by Crippen LogP contribution is 2.08. The number of nitrogens with one attached hydrogen (secondary N) is 1. The number of fused-ring (bicyclic) bond motifs is 2. The van der Waals surface area contributed by atoms with Crippen molar-refractivity contribution in [3.05, 3.63) is 80.9 Å². The zero-order valence-electron chi connectivity index (χ0n) is 16.6. The van der Waals surface area contributed by atoms with E-state index in [1.54, 1.807) is 21.3 Å². The predicted molar refractivity (Wildman–Crippen MR) is 114 cm³/mol. The second kappa shape index (κ2) is 7.97. The van der Waals surface area contributed by atoms with Gasteiger partial charge in [0.15, 0.2) is 0 Å². The SMILES string of the molecule is Cc1nc2ccccc2c(=O)n1CCNCCn1c(C)nc2ccccc2c1=O. The Balaban J connectivity index is 1.42. The van der Waals surface area contributed by atoms with Gasteiger partial charge in [-0.1, -0.05) is 24.3 Å². The molecule has 0 radical (unpaired) electrons. The van der Waals surface area contributed by atoms with Crippen LogP contribution in [-0.4, -0.2) is 32.2 Å². The van der Waals surface area contributed by atoms with Gasteiger partial charge in [-0.05, 0) is 38.1 Å². The van der Waals surface area contributed by atoms with Crippen LogP contribution in [0.2, 0.25) is 0 Å². The molecule has 0 atom stereocenters. The molecule has 0 amide bonds. The first-order valence-corrected chi connectivity index (χ1v) is 9.69. The van der Waals surface area contributed by atoms with Gasteiger partial charge < -0.3 is 5.32 Å². The van der Waals surface area contributed by atoms with Crippen molar-refractivity contribution in [3.8, 4) is 0 Å². The first-order chi connectivity index (χ1) is 14.1. The van der Waals surface area contributed by atoms with Crippen LogP contribution in [0.4, 0.5) is 0 Å². The standard InChI is InChI=1S/C22H23N5O2/c1-15-24-19-9-5-3-7-17(19)21(28)26(15)13-11-23-12-14-27-16(2)25-20-10-6-4-8-18(20)22(27)29/h3-10,23H,11-14H2,1-2H3. The molecule has 1 N–H and O–H groups in total. The molecule has 148 valence electrons. The van der Waals surface area contributed by atoms with Gasteiger partial charge in [0, 0.05) is 26.2 Å². The third-order valence-electron chi connectivity index (χ3n) is 5.13. The number of aryl methyl sites for hydroxylation is 2. The van der Waals surface area contributed by atoms with E-state index >= 15 is 0 Å². The summed E-state index contributed by atoms with van der Waals surface area (Å²) in [6, 6.07) is 14.8. The molecule has 0 spiro atoms. The van der Waals surface area contributed by atoms with Crippen molar-refractivity contribution in [2.75, 3.05) is 13.1 Å². The zero-order valence-corrected chi connectivity index (χ0v) is 16.6. The highest BCUT2D eigenvalue weighted by molar-refractivity contribution is 5.77. The van der Waals surface area contributed by atoms with Crippen molar-refractivity contribution < 1.29 is 0 Å². The summed E-state index contributed by atoms with van der Waals surface area (Å²) in [7, 11) is 0. The number of para-hydroxylation sites is 2. The van der Waals surface area contributed by atoms with Crippen LogP contribution in [0.5, 0.6) is 0 Å². The van der Waals surface area contributed by atoms with Gasteiger partial charge in [0.25, 0.3) is 11.1 Å². The van der Waals surface area contributed by atoms with Gasteiger partial charge in [-0.25, -0.2) is 9.97 Å². The lowest BCUT2D eigenvalue weighted by molar-refractivity contribution is 0.530. The summed E-state index contributed by atoms with van der Waals surface area (Å²) >= 11 is 0. The van der Waals surface area contributed by atoms with Gasteiger partial charge in [0.05, 0.1) is 21.8 Å². The van der Waals surface area contributed by atoms with E-state index in [1.807, 2.05) is 50.2 Å². The normalized spacial score (nSPS) is 11.4. The Labute approximate surface area is 167 Å². The fourth-order valence-corrected chi connectivity index (χ4v) is 3.59. The van der Waals surface area contributed by atoms with Crippen molar-refractivity contribution in [2.45, 2.75) is 26.9 Å². The summed E-state index contributed by atoms with van der Waals surface area (Å²) in [5, 5.41) is 4.57. The second-order valence-electron chi connectivity index (χ2n) is 7.02. The minimum atomic E-state index is -0.0271. The molecule has 4 aromatic rings. The van der Waals surface area contributed by atoms with Crippen LogP contribution in [0.15, 0.2) is 58.1 Å². The minimum absolute atomic E-state index is 0.0271. The average Bonchev–Trinajstić information content (AvgIpc) is 2.72. The number of benzene rings is 2. The molecule has 0 fully saturated rings. The second-order valence-corrected chi connectivity index (χ2v) is 7.02. The fourth-order valence-electron chi connectivity index (χ4n) is 3.59. The van der Waals surface area contributed by atoms with E-state index in [-0.39, 0.29) is 11.1 Å². The number of aromatic nitrogens is 4. The molecule has 0 aliphatic heterocycles. The average molecular weight is 389 g/mol. The molecular formula is C22H23N5O2. The van der Waals surface area contributed by atoms with Crippen molar-refractivity contribution in [1.29, 1.82) is 0 Å². The fraction of sp³-hybridized carbons (Fsp3) is 0.273. The first kappa shape index (κ1) is 19.0. The Bertz CT molecular complexity index is 1210. The van der Waals surface area contributed by atoms with Crippen LogP contribution in [-0.2, 0) is 13.1 Å². The van der Waals surface area contributed by atoms with Crippen LogP contribution in [0.1, 0.15) is 11.6 Å². The molecule has 2 aromatic carbocycles. The van der Waals surface area contributed by atoms with Gasteiger partial charge in [0.1, 0.15) is 11.6 Å². The largest absolute Gasteiger partial charge is 0.313 e. The van der Waals surface area contributed by atoms with E-state index in [0.29, 0.717) is 48.6 Å². The summed E-state index contributed by atoms with van der Waals surface area (Å²) in [6.45, 7) is 5.94. The van der Waals surface area contributed by atoms with Gasteiger partial charge in [0.2, 0.25) is 0 Å². The molecule has 0 saturated carbocycles. The molecule has 0 saturated heterocycles. The smallest absolute Gasteiger partial charge is 0.261 e. The number of hydrogen-bond acceptors (Lipinski definition) is 5. The van der Waals surface area contributed by atoms with E-state index in [9.17, 15) is 9.59 Å². The maximum absolute atomic E-state index is 12.7. The van der Waals surface area contributed by atoms with Gasteiger partial charge in [-0.3, -0.25) is 18.7 Å². The first-order valence-electron chi connectivity index (χ1n) is 9.69. The Hall–Kier alpha value is -3.32. The zero-order chi connectivity index (χ0) is 20.4. The summed E-state index contributed by atoms with van der Waals surface area (Å²) < 4.78 is 3.37. The van der Waals surface area contributed by atoms with Crippen molar-refractivity contribution in [3.63, 3.8) is 0 Å². The molecule has 0 bridgehead atoms. The number of rotatable bonds is 6. The maximum atomic E-state index is 12.7. The molecular weight excluding hydrogens is 366 g/mol. The van der Waals surface area contributed by atoms with Crippen molar-refractivity contribution >= 4 is 21.8 Å². The molecule has 2 heterocycles. The summed E-state index contributed by atoms with van der Waals surface area (Å²) in [5.74, 6) is 1.39. The lowest BCUT2D eigenvalue weighted by Crippen LogP contribution is -2.33. The molecule has 0 aliphatic rings. The van der Waals surface area contributed by atoms with Crippen molar-refractivity contribution in [2.24, 2.45) is 0 Å². The molecule has 7 nitrogen and oxygen atoms in total. The molecule has 7 heteroatoms.